The average molecular weight is 313 g/mol. The van der Waals surface area contributed by atoms with Gasteiger partial charge in [0, 0.05) is 19.3 Å². The molecule has 1 spiro atoms. The van der Waals surface area contributed by atoms with Crippen molar-refractivity contribution in [2.75, 3.05) is 33.0 Å². The van der Waals surface area contributed by atoms with Crippen molar-refractivity contribution in [3.05, 3.63) is 48.3 Å². The van der Waals surface area contributed by atoms with Crippen molar-refractivity contribution in [1.29, 1.82) is 0 Å². The number of carbonyl (C=O) groups is 1. The first-order valence-electron chi connectivity index (χ1n) is 7.87. The molecule has 4 rings (SSSR count). The van der Waals surface area contributed by atoms with Crippen LogP contribution in [0.15, 0.2) is 42.6 Å². The number of hydrogen-bond acceptors (Lipinski definition) is 4. The smallest absolute Gasteiger partial charge is 0.275 e. The Kier molecular flexibility index (Phi) is 3.63. The van der Waals surface area contributed by atoms with Gasteiger partial charge in [-0.3, -0.25) is 4.79 Å². The van der Waals surface area contributed by atoms with Crippen LogP contribution in [0.2, 0.25) is 0 Å². The fraction of sp³-hybridized carbons (Fsp3) is 0.412. The zero-order valence-electron chi connectivity index (χ0n) is 12.9. The maximum absolute atomic E-state index is 12.9. The summed E-state index contributed by atoms with van der Waals surface area (Å²) in [6.07, 6.45) is 2.64. The highest BCUT2D eigenvalue weighted by molar-refractivity contribution is 5.93. The molecule has 2 fully saturated rings. The first-order chi connectivity index (χ1) is 11.3. The van der Waals surface area contributed by atoms with Crippen LogP contribution >= 0.6 is 0 Å². The van der Waals surface area contributed by atoms with E-state index in [9.17, 15) is 4.79 Å². The summed E-state index contributed by atoms with van der Waals surface area (Å²) < 4.78 is 12.9. The summed E-state index contributed by atoms with van der Waals surface area (Å²) in [5, 5.41) is 4.45. The lowest BCUT2D eigenvalue weighted by Gasteiger charge is -2.43. The van der Waals surface area contributed by atoms with Crippen LogP contribution < -0.4 is 0 Å². The Hall–Kier alpha value is -2.18. The summed E-state index contributed by atoms with van der Waals surface area (Å²) in [6.45, 7) is 2.90. The van der Waals surface area contributed by atoms with Crippen molar-refractivity contribution in [3.63, 3.8) is 0 Å². The summed E-state index contributed by atoms with van der Waals surface area (Å²) in [7, 11) is 0. The van der Waals surface area contributed by atoms with E-state index < -0.39 is 0 Å². The molecule has 2 aliphatic rings. The Morgan fingerprint density at radius 3 is 2.65 bits per heavy atom. The minimum atomic E-state index is -0.328. The number of hydrogen-bond donors (Lipinski definition) is 0. The Labute approximate surface area is 134 Å². The standard InChI is InChI=1S/C17H19N3O3/c21-16(19-9-11-23-13-17(19)7-10-22-12-17)15-6-8-20(18-15)14-4-2-1-3-5-14/h1-6,8H,7,9-13H2. The van der Waals surface area contributed by atoms with Crippen LogP contribution in [-0.2, 0) is 9.47 Å². The molecule has 0 N–H and O–H groups in total. The van der Waals surface area contributed by atoms with Crippen molar-refractivity contribution in [3.8, 4) is 5.69 Å². The molecular weight excluding hydrogens is 294 g/mol. The molecule has 0 bridgehead atoms. The second-order valence-corrected chi connectivity index (χ2v) is 6.02. The highest BCUT2D eigenvalue weighted by Gasteiger charge is 2.46. The molecule has 6 nitrogen and oxygen atoms in total. The predicted molar refractivity (Wildman–Crippen MR) is 83.6 cm³/mol. The molecule has 1 aromatic heterocycles. The van der Waals surface area contributed by atoms with E-state index in [-0.39, 0.29) is 11.4 Å². The SMILES string of the molecule is O=C(c1ccn(-c2ccccc2)n1)N1CCOCC12CCOC2. The van der Waals surface area contributed by atoms with E-state index in [1.54, 1.807) is 10.7 Å². The Balaban J connectivity index is 1.60. The van der Waals surface area contributed by atoms with E-state index >= 15 is 0 Å². The van der Waals surface area contributed by atoms with Gasteiger partial charge in [-0.1, -0.05) is 18.2 Å². The predicted octanol–water partition coefficient (Wildman–Crippen LogP) is 1.50. The molecule has 6 heteroatoms. The van der Waals surface area contributed by atoms with Crippen molar-refractivity contribution in [1.82, 2.24) is 14.7 Å². The van der Waals surface area contributed by atoms with Gasteiger partial charge in [0.05, 0.1) is 31.0 Å². The quantitative estimate of drug-likeness (QED) is 0.843. The maximum Gasteiger partial charge on any atom is 0.275 e. The molecule has 3 heterocycles. The molecule has 1 unspecified atom stereocenters. The normalized spacial score (nSPS) is 24.3. The minimum Gasteiger partial charge on any atom is -0.379 e. The van der Waals surface area contributed by atoms with Gasteiger partial charge in [0.1, 0.15) is 0 Å². The van der Waals surface area contributed by atoms with Gasteiger partial charge in [-0.2, -0.15) is 5.10 Å². The fourth-order valence-corrected chi connectivity index (χ4v) is 3.27. The Morgan fingerprint density at radius 1 is 1.09 bits per heavy atom. The molecule has 0 radical (unpaired) electrons. The summed E-state index contributed by atoms with van der Waals surface area (Å²) in [6, 6.07) is 11.5. The van der Waals surface area contributed by atoms with E-state index in [1.165, 1.54) is 0 Å². The molecule has 2 aliphatic heterocycles. The van der Waals surface area contributed by atoms with E-state index in [0.717, 1.165) is 12.1 Å². The van der Waals surface area contributed by atoms with Crippen LogP contribution in [0.4, 0.5) is 0 Å². The number of ether oxygens (including phenoxy) is 2. The molecule has 1 atom stereocenters. The molecule has 0 saturated carbocycles. The zero-order valence-corrected chi connectivity index (χ0v) is 12.9. The van der Waals surface area contributed by atoms with Gasteiger partial charge in [-0.25, -0.2) is 4.68 Å². The van der Waals surface area contributed by atoms with E-state index in [2.05, 4.69) is 5.10 Å². The lowest BCUT2D eigenvalue weighted by molar-refractivity contribution is -0.0553. The first kappa shape index (κ1) is 14.4. The second-order valence-electron chi connectivity index (χ2n) is 6.02. The van der Waals surface area contributed by atoms with Crippen molar-refractivity contribution in [2.24, 2.45) is 0 Å². The molecule has 0 aliphatic carbocycles. The van der Waals surface area contributed by atoms with E-state index in [4.69, 9.17) is 9.47 Å². The van der Waals surface area contributed by atoms with Gasteiger partial charge < -0.3 is 14.4 Å². The van der Waals surface area contributed by atoms with Crippen LogP contribution in [0, 0.1) is 0 Å². The second kappa shape index (κ2) is 5.79. The van der Waals surface area contributed by atoms with Crippen LogP contribution in [0.25, 0.3) is 5.69 Å². The fourth-order valence-electron chi connectivity index (χ4n) is 3.27. The maximum atomic E-state index is 12.9. The third-order valence-electron chi connectivity index (χ3n) is 4.56. The summed E-state index contributed by atoms with van der Waals surface area (Å²) in [4.78, 5) is 14.8. The zero-order chi connectivity index (χ0) is 15.7. The number of aromatic nitrogens is 2. The van der Waals surface area contributed by atoms with Gasteiger partial charge in [0.2, 0.25) is 0 Å². The van der Waals surface area contributed by atoms with Gasteiger partial charge in [-0.05, 0) is 24.6 Å². The number of nitrogens with zero attached hydrogens (tertiary/aromatic N) is 3. The molecular formula is C17H19N3O3. The topological polar surface area (TPSA) is 56.6 Å². The Morgan fingerprint density at radius 2 is 1.87 bits per heavy atom. The van der Waals surface area contributed by atoms with Gasteiger partial charge >= 0.3 is 0 Å². The minimum absolute atomic E-state index is 0.0477. The first-order valence-corrected chi connectivity index (χ1v) is 7.87. The third-order valence-corrected chi connectivity index (χ3v) is 4.56. The number of amides is 1. The highest BCUT2D eigenvalue weighted by Crippen LogP contribution is 2.30. The van der Waals surface area contributed by atoms with Crippen LogP contribution in [-0.4, -0.2) is 59.1 Å². The van der Waals surface area contributed by atoms with Crippen LogP contribution in [0.3, 0.4) is 0 Å². The number of benzene rings is 1. The monoisotopic (exact) mass is 313 g/mol. The lowest BCUT2D eigenvalue weighted by Crippen LogP contribution is -2.59. The number of para-hydroxylation sites is 1. The number of carbonyl (C=O) groups excluding carboxylic acids is 1. The summed E-state index contributed by atoms with van der Waals surface area (Å²) >= 11 is 0. The summed E-state index contributed by atoms with van der Waals surface area (Å²) in [5.41, 5.74) is 1.07. The van der Waals surface area contributed by atoms with Gasteiger partial charge in [0.25, 0.3) is 5.91 Å². The molecule has 23 heavy (non-hydrogen) atoms. The van der Waals surface area contributed by atoms with Crippen LogP contribution in [0.5, 0.6) is 0 Å². The number of rotatable bonds is 2. The highest BCUT2D eigenvalue weighted by atomic mass is 16.5. The molecule has 1 aromatic carbocycles. The molecule has 120 valence electrons. The van der Waals surface area contributed by atoms with Crippen molar-refractivity contribution < 1.29 is 14.3 Å². The number of morpholine rings is 1. The molecule has 2 aromatic rings. The summed E-state index contributed by atoms with van der Waals surface area (Å²) in [5.74, 6) is -0.0477. The van der Waals surface area contributed by atoms with Crippen LogP contribution in [0.1, 0.15) is 16.9 Å². The van der Waals surface area contributed by atoms with Crippen molar-refractivity contribution >= 4 is 5.91 Å². The average Bonchev–Trinajstić information content (AvgIpc) is 3.26. The van der Waals surface area contributed by atoms with E-state index in [1.807, 2.05) is 41.4 Å². The Bertz CT molecular complexity index is 692. The molecule has 1 amide bonds. The van der Waals surface area contributed by atoms with Crippen molar-refractivity contribution in [2.45, 2.75) is 12.0 Å². The van der Waals surface area contributed by atoms with E-state index in [0.29, 0.717) is 38.7 Å². The molecule has 2 saturated heterocycles. The third kappa shape index (κ3) is 2.54. The van der Waals surface area contributed by atoms with Gasteiger partial charge in [0.15, 0.2) is 5.69 Å². The van der Waals surface area contributed by atoms with Gasteiger partial charge in [-0.15, -0.1) is 0 Å². The largest absolute Gasteiger partial charge is 0.379 e. The lowest BCUT2D eigenvalue weighted by atomic mass is 9.95.